The molecule has 19 heavy (non-hydrogen) atoms. The zero-order valence-corrected chi connectivity index (χ0v) is 10.7. The molecule has 0 fully saturated rings. The molecule has 0 aliphatic heterocycles. The molecule has 0 aliphatic rings. The molecular formula is C12H14FN5O. The van der Waals surface area contributed by atoms with Crippen molar-refractivity contribution in [2.45, 2.75) is 6.54 Å². The standard InChI is InChI=1S/C12H14FN5O/c1-17(6-8-5-16-18(2)7-8)12(19)9-3-4-15-11(14)10(9)13/h3-5,7H,6H2,1-2H3,(H2,14,15). The highest BCUT2D eigenvalue weighted by molar-refractivity contribution is 5.94. The Morgan fingerprint density at radius 3 is 2.95 bits per heavy atom. The Bertz CT molecular complexity index is 610. The average molecular weight is 263 g/mol. The number of anilines is 1. The van der Waals surface area contributed by atoms with Gasteiger partial charge in [-0.3, -0.25) is 9.48 Å². The molecule has 2 aromatic heterocycles. The number of aromatic nitrogens is 3. The molecular weight excluding hydrogens is 249 g/mol. The highest BCUT2D eigenvalue weighted by Crippen LogP contribution is 2.14. The lowest BCUT2D eigenvalue weighted by Gasteiger charge is -2.16. The number of halogens is 1. The molecule has 0 saturated heterocycles. The van der Waals surface area contributed by atoms with Crippen LogP contribution in [0, 0.1) is 5.82 Å². The van der Waals surface area contributed by atoms with E-state index in [0.717, 1.165) is 5.56 Å². The van der Waals surface area contributed by atoms with Crippen LogP contribution < -0.4 is 5.73 Å². The Labute approximate surface area is 109 Å². The first-order valence-corrected chi connectivity index (χ1v) is 5.62. The Morgan fingerprint density at radius 2 is 2.32 bits per heavy atom. The molecule has 7 heteroatoms. The van der Waals surface area contributed by atoms with Crippen molar-refractivity contribution in [1.82, 2.24) is 19.7 Å². The van der Waals surface area contributed by atoms with Crippen LogP contribution in [0.4, 0.5) is 10.2 Å². The predicted octanol–water partition coefficient (Wildman–Crippen LogP) is 0.809. The van der Waals surface area contributed by atoms with Gasteiger partial charge in [-0.1, -0.05) is 0 Å². The zero-order chi connectivity index (χ0) is 14.0. The van der Waals surface area contributed by atoms with E-state index >= 15 is 0 Å². The topological polar surface area (TPSA) is 77.0 Å². The van der Waals surface area contributed by atoms with Crippen molar-refractivity contribution in [2.24, 2.45) is 7.05 Å². The van der Waals surface area contributed by atoms with Crippen molar-refractivity contribution < 1.29 is 9.18 Å². The van der Waals surface area contributed by atoms with Crippen LogP contribution in [0.25, 0.3) is 0 Å². The highest BCUT2D eigenvalue weighted by atomic mass is 19.1. The summed E-state index contributed by atoms with van der Waals surface area (Å²) >= 11 is 0. The van der Waals surface area contributed by atoms with Crippen LogP contribution in [0.1, 0.15) is 15.9 Å². The van der Waals surface area contributed by atoms with Crippen LogP contribution in [0.2, 0.25) is 0 Å². The van der Waals surface area contributed by atoms with Gasteiger partial charge in [-0.2, -0.15) is 5.10 Å². The van der Waals surface area contributed by atoms with Crippen molar-refractivity contribution >= 4 is 11.7 Å². The van der Waals surface area contributed by atoms with Crippen molar-refractivity contribution in [3.63, 3.8) is 0 Å². The number of rotatable bonds is 3. The van der Waals surface area contributed by atoms with Gasteiger partial charge in [0.25, 0.3) is 5.91 Å². The number of nitrogen functional groups attached to an aromatic ring is 1. The number of nitrogens with zero attached hydrogens (tertiary/aromatic N) is 4. The molecule has 2 rings (SSSR count). The van der Waals surface area contributed by atoms with Gasteiger partial charge in [0.2, 0.25) is 0 Å². The molecule has 0 spiro atoms. The first kappa shape index (κ1) is 13.0. The van der Waals surface area contributed by atoms with Gasteiger partial charge in [-0.05, 0) is 6.07 Å². The van der Waals surface area contributed by atoms with Crippen molar-refractivity contribution in [3.05, 3.63) is 41.6 Å². The lowest BCUT2D eigenvalue weighted by molar-refractivity contribution is 0.0780. The fourth-order valence-electron chi connectivity index (χ4n) is 1.73. The van der Waals surface area contributed by atoms with Crippen molar-refractivity contribution in [1.29, 1.82) is 0 Å². The van der Waals surface area contributed by atoms with E-state index in [-0.39, 0.29) is 11.4 Å². The number of carbonyl (C=O) groups excluding carboxylic acids is 1. The second kappa shape index (κ2) is 5.05. The third kappa shape index (κ3) is 2.70. The van der Waals surface area contributed by atoms with Crippen molar-refractivity contribution in [3.8, 4) is 0 Å². The molecule has 2 N–H and O–H groups in total. The molecule has 1 amide bonds. The van der Waals surface area contributed by atoms with Gasteiger partial charge in [0.1, 0.15) is 0 Å². The fourth-order valence-corrected chi connectivity index (χ4v) is 1.73. The Balaban J connectivity index is 2.17. The maximum atomic E-state index is 13.7. The first-order valence-electron chi connectivity index (χ1n) is 5.62. The molecule has 2 aromatic rings. The number of hydrogen-bond acceptors (Lipinski definition) is 4. The normalized spacial score (nSPS) is 10.5. The van der Waals surface area contributed by atoms with E-state index in [0.29, 0.717) is 6.54 Å². The maximum Gasteiger partial charge on any atom is 0.257 e. The second-order valence-electron chi connectivity index (χ2n) is 4.24. The summed E-state index contributed by atoms with van der Waals surface area (Å²) < 4.78 is 15.3. The van der Waals surface area contributed by atoms with E-state index in [4.69, 9.17) is 5.73 Å². The molecule has 0 aromatic carbocycles. The molecule has 0 saturated carbocycles. The summed E-state index contributed by atoms with van der Waals surface area (Å²) in [6, 6.07) is 1.31. The lowest BCUT2D eigenvalue weighted by atomic mass is 10.2. The largest absolute Gasteiger partial charge is 0.381 e. The molecule has 6 nitrogen and oxygen atoms in total. The maximum absolute atomic E-state index is 13.7. The monoisotopic (exact) mass is 263 g/mol. The number of aryl methyl sites for hydroxylation is 1. The van der Waals surface area contributed by atoms with Crippen LogP contribution in [-0.4, -0.2) is 32.6 Å². The van der Waals surface area contributed by atoms with Gasteiger partial charge in [0, 0.05) is 38.6 Å². The summed E-state index contributed by atoms with van der Waals surface area (Å²) in [6.45, 7) is 0.342. The Hall–Kier alpha value is -2.44. The quantitative estimate of drug-likeness (QED) is 0.889. The van der Waals surface area contributed by atoms with Crippen LogP contribution in [0.5, 0.6) is 0 Å². The van der Waals surface area contributed by atoms with Crippen LogP contribution in [0.3, 0.4) is 0 Å². The van der Waals surface area contributed by atoms with Gasteiger partial charge in [0.15, 0.2) is 11.6 Å². The summed E-state index contributed by atoms with van der Waals surface area (Å²) in [5.74, 6) is -1.51. The van der Waals surface area contributed by atoms with Gasteiger partial charge >= 0.3 is 0 Å². The van der Waals surface area contributed by atoms with Gasteiger partial charge in [0.05, 0.1) is 11.8 Å². The summed E-state index contributed by atoms with van der Waals surface area (Å²) in [6.07, 6.45) is 4.76. The van der Waals surface area contributed by atoms with Crippen molar-refractivity contribution in [2.75, 3.05) is 12.8 Å². The highest BCUT2D eigenvalue weighted by Gasteiger charge is 2.18. The molecule has 100 valence electrons. The van der Waals surface area contributed by atoms with E-state index in [1.807, 2.05) is 0 Å². The van der Waals surface area contributed by atoms with Crippen LogP contribution >= 0.6 is 0 Å². The Morgan fingerprint density at radius 1 is 1.58 bits per heavy atom. The third-order valence-electron chi connectivity index (χ3n) is 2.67. The molecule has 0 unspecified atom stereocenters. The van der Waals surface area contributed by atoms with E-state index in [1.165, 1.54) is 17.2 Å². The average Bonchev–Trinajstić information content (AvgIpc) is 2.77. The summed E-state index contributed by atoms with van der Waals surface area (Å²) in [7, 11) is 3.37. The summed E-state index contributed by atoms with van der Waals surface area (Å²) in [5, 5.41) is 4.01. The number of pyridine rings is 1. The minimum Gasteiger partial charge on any atom is -0.381 e. The minimum atomic E-state index is -0.787. The smallest absolute Gasteiger partial charge is 0.257 e. The van der Waals surface area contributed by atoms with E-state index < -0.39 is 11.7 Å². The van der Waals surface area contributed by atoms with Gasteiger partial charge in [-0.25, -0.2) is 9.37 Å². The molecule has 0 radical (unpaired) electrons. The zero-order valence-electron chi connectivity index (χ0n) is 10.7. The number of hydrogen-bond donors (Lipinski definition) is 1. The SMILES string of the molecule is CN(Cc1cnn(C)c1)C(=O)c1ccnc(N)c1F. The van der Waals surface area contributed by atoms with Gasteiger partial charge < -0.3 is 10.6 Å². The summed E-state index contributed by atoms with van der Waals surface area (Å²) in [5.41, 5.74) is 6.12. The fraction of sp³-hybridized carbons (Fsp3) is 0.250. The van der Waals surface area contributed by atoms with E-state index in [2.05, 4.69) is 10.1 Å². The molecule has 2 heterocycles. The van der Waals surface area contributed by atoms with Crippen LogP contribution in [0.15, 0.2) is 24.7 Å². The summed E-state index contributed by atoms with van der Waals surface area (Å²) in [4.78, 5) is 17.1. The minimum absolute atomic E-state index is 0.0844. The molecule has 0 atom stereocenters. The lowest BCUT2D eigenvalue weighted by Crippen LogP contribution is -2.27. The number of nitrogens with two attached hydrogens (primary N) is 1. The first-order chi connectivity index (χ1) is 8.99. The predicted molar refractivity (Wildman–Crippen MR) is 67.6 cm³/mol. The number of carbonyl (C=O) groups is 1. The van der Waals surface area contributed by atoms with E-state index in [9.17, 15) is 9.18 Å². The molecule has 0 bridgehead atoms. The Kier molecular flexibility index (Phi) is 3.46. The van der Waals surface area contributed by atoms with Crippen LogP contribution in [-0.2, 0) is 13.6 Å². The molecule has 0 aliphatic carbocycles. The third-order valence-corrected chi connectivity index (χ3v) is 2.67. The van der Waals surface area contributed by atoms with E-state index in [1.54, 1.807) is 31.2 Å². The van der Waals surface area contributed by atoms with Gasteiger partial charge in [-0.15, -0.1) is 0 Å². The second-order valence-corrected chi connectivity index (χ2v) is 4.24. The number of amides is 1.